The average Bonchev–Trinajstić information content (AvgIpc) is 2.85. The molecule has 0 atom stereocenters. The van der Waals surface area contributed by atoms with Crippen molar-refractivity contribution in [3.63, 3.8) is 0 Å². The number of benzene rings is 1. The SMILES string of the molecule is CCOCc1nnc(-c2ccc(B(O)O)cc2)o1. The summed E-state index contributed by atoms with van der Waals surface area (Å²) >= 11 is 0. The molecular weight excluding hydrogens is 235 g/mol. The van der Waals surface area contributed by atoms with Gasteiger partial charge >= 0.3 is 7.12 Å². The van der Waals surface area contributed by atoms with Crippen molar-refractivity contribution in [3.8, 4) is 11.5 Å². The van der Waals surface area contributed by atoms with Crippen molar-refractivity contribution >= 4 is 12.6 Å². The Bertz CT molecular complexity index is 498. The zero-order valence-corrected chi connectivity index (χ0v) is 9.91. The van der Waals surface area contributed by atoms with E-state index >= 15 is 0 Å². The minimum Gasteiger partial charge on any atom is -0.423 e. The second kappa shape index (κ2) is 5.77. The topological polar surface area (TPSA) is 88.6 Å². The molecule has 0 saturated carbocycles. The number of hydrogen-bond acceptors (Lipinski definition) is 6. The number of nitrogens with zero attached hydrogens (tertiary/aromatic N) is 2. The van der Waals surface area contributed by atoms with Crippen molar-refractivity contribution in [2.75, 3.05) is 6.61 Å². The van der Waals surface area contributed by atoms with Crippen LogP contribution < -0.4 is 5.46 Å². The van der Waals surface area contributed by atoms with Crippen LogP contribution in [0.4, 0.5) is 0 Å². The van der Waals surface area contributed by atoms with E-state index in [-0.39, 0.29) is 6.61 Å². The first-order chi connectivity index (χ1) is 8.70. The Kier molecular flexibility index (Phi) is 4.09. The van der Waals surface area contributed by atoms with E-state index < -0.39 is 7.12 Å². The Balaban J connectivity index is 2.13. The fraction of sp³-hybridized carbons (Fsp3) is 0.273. The highest BCUT2D eigenvalue weighted by Crippen LogP contribution is 2.16. The van der Waals surface area contributed by atoms with Crippen LogP contribution in [-0.2, 0) is 11.3 Å². The molecule has 0 aliphatic rings. The molecule has 0 spiro atoms. The molecule has 1 aromatic carbocycles. The summed E-state index contributed by atoms with van der Waals surface area (Å²) in [6.45, 7) is 2.76. The van der Waals surface area contributed by atoms with E-state index in [4.69, 9.17) is 19.2 Å². The lowest BCUT2D eigenvalue weighted by molar-refractivity contribution is 0.115. The van der Waals surface area contributed by atoms with Crippen molar-refractivity contribution in [2.24, 2.45) is 0 Å². The zero-order chi connectivity index (χ0) is 13.0. The molecule has 2 rings (SSSR count). The lowest BCUT2D eigenvalue weighted by Gasteiger charge is -1.99. The lowest BCUT2D eigenvalue weighted by atomic mass is 9.80. The van der Waals surface area contributed by atoms with Gasteiger partial charge in [0.05, 0.1) is 0 Å². The maximum atomic E-state index is 8.97. The number of hydrogen-bond donors (Lipinski definition) is 2. The maximum absolute atomic E-state index is 8.97. The Morgan fingerprint density at radius 3 is 2.56 bits per heavy atom. The maximum Gasteiger partial charge on any atom is 0.488 e. The first kappa shape index (κ1) is 12.8. The third-order valence-corrected chi connectivity index (χ3v) is 2.35. The fourth-order valence-corrected chi connectivity index (χ4v) is 1.42. The number of ether oxygens (including phenoxy) is 1. The van der Waals surface area contributed by atoms with Crippen molar-refractivity contribution in [1.82, 2.24) is 10.2 Å². The monoisotopic (exact) mass is 248 g/mol. The van der Waals surface area contributed by atoms with Gasteiger partial charge in [0.2, 0.25) is 11.8 Å². The Morgan fingerprint density at radius 1 is 1.22 bits per heavy atom. The molecule has 2 N–H and O–H groups in total. The Labute approximate surface area is 104 Å². The summed E-state index contributed by atoms with van der Waals surface area (Å²) in [7, 11) is -1.48. The smallest absolute Gasteiger partial charge is 0.423 e. The molecule has 0 bridgehead atoms. The van der Waals surface area contributed by atoms with E-state index in [2.05, 4.69) is 10.2 Å². The highest BCUT2D eigenvalue weighted by atomic mass is 16.5. The van der Waals surface area contributed by atoms with Crippen molar-refractivity contribution < 1.29 is 19.2 Å². The summed E-state index contributed by atoms with van der Waals surface area (Å²) in [5.41, 5.74) is 1.13. The van der Waals surface area contributed by atoms with E-state index in [1.165, 1.54) is 0 Å². The van der Waals surface area contributed by atoms with Gasteiger partial charge < -0.3 is 19.2 Å². The first-order valence-corrected chi connectivity index (χ1v) is 5.57. The molecule has 2 aromatic rings. The summed E-state index contributed by atoms with van der Waals surface area (Å²) in [5.74, 6) is 0.793. The third-order valence-electron chi connectivity index (χ3n) is 2.35. The molecule has 0 amide bonds. The van der Waals surface area contributed by atoms with Crippen LogP contribution in [0, 0.1) is 0 Å². The van der Waals surface area contributed by atoms with Crippen LogP contribution in [0.2, 0.25) is 0 Å². The number of rotatable bonds is 5. The molecule has 1 aromatic heterocycles. The lowest BCUT2D eigenvalue weighted by Crippen LogP contribution is -2.29. The van der Waals surface area contributed by atoms with Crippen molar-refractivity contribution in [2.45, 2.75) is 13.5 Å². The normalized spacial score (nSPS) is 10.6. The van der Waals surface area contributed by atoms with Gasteiger partial charge in [0.15, 0.2) is 0 Å². The predicted octanol–water partition coefficient (Wildman–Crippen LogP) is -0.0471. The van der Waals surface area contributed by atoms with Gasteiger partial charge in [0, 0.05) is 12.2 Å². The van der Waals surface area contributed by atoms with Gasteiger partial charge in [-0.15, -0.1) is 10.2 Å². The summed E-state index contributed by atoms with van der Waals surface area (Å²) in [6.07, 6.45) is 0. The minimum atomic E-state index is -1.48. The van der Waals surface area contributed by atoms with E-state index in [9.17, 15) is 0 Å². The average molecular weight is 248 g/mol. The predicted molar refractivity (Wildman–Crippen MR) is 64.9 cm³/mol. The summed E-state index contributed by atoms with van der Waals surface area (Å²) in [4.78, 5) is 0. The summed E-state index contributed by atoms with van der Waals surface area (Å²) in [5, 5.41) is 25.7. The van der Waals surface area contributed by atoms with Crippen molar-refractivity contribution in [3.05, 3.63) is 30.2 Å². The molecule has 0 fully saturated rings. The minimum absolute atomic E-state index is 0.289. The molecule has 0 radical (unpaired) electrons. The molecule has 0 aliphatic carbocycles. The molecule has 94 valence electrons. The molecular formula is C11H13BN2O4. The molecule has 7 heteroatoms. The van der Waals surface area contributed by atoms with Crippen LogP contribution >= 0.6 is 0 Å². The summed E-state index contributed by atoms with van der Waals surface area (Å²) < 4.78 is 10.6. The summed E-state index contributed by atoms with van der Waals surface area (Å²) in [6, 6.07) is 6.55. The van der Waals surface area contributed by atoms with E-state index in [0.717, 1.165) is 5.56 Å². The molecule has 18 heavy (non-hydrogen) atoms. The number of aromatic nitrogens is 2. The largest absolute Gasteiger partial charge is 0.488 e. The van der Waals surface area contributed by atoms with Gasteiger partial charge in [0.25, 0.3) is 0 Å². The van der Waals surface area contributed by atoms with Crippen LogP contribution in [0.3, 0.4) is 0 Å². The second-order valence-corrected chi connectivity index (χ2v) is 3.63. The van der Waals surface area contributed by atoms with Crippen molar-refractivity contribution in [1.29, 1.82) is 0 Å². The molecule has 0 unspecified atom stereocenters. The van der Waals surface area contributed by atoms with Crippen LogP contribution in [0.5, 0.6) is 0 Å². The zero-order valence-electron chi connectivity index (χ0n) is 9.91. The van der Waals surface area contributed by atoms with E-state index in [0.29, 0.717) is 23.9 Å². The van der Waals surface area contributed by atoms with Crippen LogP contribution in [-0.4, -0.2) is 34.0 Å². The second-order valence-electron chi connectivity index (χ2n) is 3.63. The van der Waals surface area contributed by atoms with Crippen LogP contribution in [0.1, 0.15) is 12.8 Å². The van der Waals surface area contributed by atoms with Gasteiger partial charge in [0.1, 0.15) is 6.61 Å². The van der Waals surface area contributed by atoms with Gasteiger partial charge in [-0.25, -0.2) is 0 Å². The highest BCUT2D eigenvalue weighted by molar-refractivity contribution is 6.58. The van der Waals surface area contributed by atoms with Crippen LogP contribution in [0.15, 0.2) is 28.7 Å². The highest BCUT2D eigenvalue weighted by Gasteiger charge is 2.12. The molecule has 0 aliphatic heterocycles. The first-order valence-electron chi connectivity index (χ1n) is 5.57. The quantitative estimate of drug-likeness (QED) is 0.721. The van der Waals surface area contributed by atoms with Gasteiger partial charge in [-0.05, 0) is 24.5 Å². The standard InChI is InChI=1S/C11H13BN2O4/c1-2-17-7-10-13-14-11(18-10)8-3-5-9(6-4-8)12(15)16/h3-6,15-16H,2,7H2,1H3. The van der Waals surface area contributed by atoms with Gasteiger partial charge in [-0.1, -0.05) is 12.1 Å². The fourth-order valence-electron chi connectivity index (χ4n) is 1.42. The van der Waals surface area contributed by atoms with Gasteiger partial charge in [-0.2, -0.15) is 0 Å². The Morgan fingerprint density at radius 2 is 1.94 bits per heavy atom. The van der Waals surface area contributed by atoms with Crippen LogP contribution in [0.25, 0.3) is 11.5 Å². The van der Waals surface area contributed by atoms with Gasteiger partial charge in [-0.3, -0.25) is 0 Å². The molecule has 1 heterocycles. The third kappa shape index (κ3) is 2.95. The molecule has 0 saturated heterocycles. The van der Waals surface area contributed by atoms with E-state index in [1.54, 1.807) is 24.3 Å². The van der Waals surface area contributed by atoms with E-state index in [1.807, 2.05) is 6.92 Å². The molecule has 6 nitrogen and oxygen atoms in total. The Hall–Kier alpha value is -1.70.